The first kappa shape index (κ1) is 14.2. The van der Waals surface area contributed by atoms with Crippen LogP contribution in [0.4, 0.5) is 5.95 Å². The van der Waals surface area contributed by atoms with Gasteiger partial charge in [-0.1, -0.05) is 34.9 Å². The number of rotatable bonds is 7. The zero-order chi connectivity index (χ0) is 14.4. The summed E-state index contributed by atoms with van der Waals surface area (Å²) in [6.07, 6.45) is 0. The molecule has 0 amide bonds. The highest BCUT2D eigenvalue weighted by Crippen LogP contribution is 2.11. The van der Waals surface area contributed by atoms with Gasteiger partial charge in [-0.25, -0.2) is 0 Å². The fourth-order valence-electron chi connectivity index (χ4n) is 1.64. The van der Waals surface area contributed by atoms with E-state index in [4.69, 9.17) is 4.74 Å². The monoisotopic (exact) mass is 273 g/mol. The lowest BCUT2D eigenvalue weighted by Gasteiger charge is -2.08. The minimum atomic E-state index is 0.574. The average Bonchev–Trinajstić information content (AvgIpc) is 2.87. The van der Waals surface area contributed by atoms with Crippen LogP contribution in [0.25, 0.3) is 5.69 Å². The van der Waals surface area contributed by atoms with Gasteiger partial charge in [0.25, 0.3) is 0 Å². The van der Waals surface area contributed by atoms with Gasteiger partial charge in [-0.05, 0) is 36.4 Å². The highest BCUT2D eigenvalue weighted by Gasteiger charge is 2.06. The first-order valence-corrected chi connectivity index (χ1v) is 6.48. The molecular weight excluding hydrogens is 254 g/mol. The molecule has 1 N–H and O–H groups in total. The molecule has 0 bridgehead atoms. The van der Waals surface area contributed by atoms with E-state index in [9.17, 15) is 0 Å². The largest absolute Gasteiger partial charge is 0.375 e. The number of ether oxygens (including phenoxy) is 1. The number of nitrogens with one attached hydrogen (secondary N) is 1. The molecule has 6 heteroatoms. The normalized spacial score (nSPS) is 10.5. The van der Waals surface area contributed by atoms with Crippen LogP contribution in [-0.4, -0.2) is 40.0 Å². The van der Waals surface area contributed by atoms with E-state index >= 15 is 0 Å². The Morgan fingerprint density at radius 1 is 1.35 bits per heavy atom. The van der Waals surface area contributed by atoms with E-state index in [1.807, 2.05) is 38.1 Å². The van der Waals surface area contributed by atoms with Crippen LogP contribution < -0.4 is 5.32 Å². The lowest BCUT2D eigenvalue weighted by molar-refractivity contribution is 0.167. The maximum absolute atomic E-state index is 5.41. The van der Waals surface area contributed by atoms with Crippen molar-refractivity contribution < 1.29 is 4.74 Å². The van der Waals surface area contributed by atoms with Crippen molar-refractivity contribution in [2.24, 2.45) is 0 Å². The third kappa shape index (κ3) is 3.89. The molecule has 0 aliphatic rings. The molecule has 0 aliphatic carbocycles. The second-order valence-corrected chi connectivity index (χ2v) is 4.69. The lowest BCUT2D eigenvalue weighted by Crippen LogP contribution is -2.14. The van der Waals surface area contributed by atoms with Gasteiger partial charge >= 0.3 is 0 Å². The third-order valence-electron chi connectivity index (χ3n) is 2.63. The zero-order valence-corrected chi connectivity index (χ0v) is 11.8. The molecule has 1 aromatic heterocycles. The Balaban J connectivity index is 1.92. The molecule has 2 aromatic rings. The average molecular weight is 273 g/mol. The first-order chi connectivity index (χ1) is 9.66. The Kier molecular flexibility index (Phi) is 4.84. The number of anilines is 1. The summed E-state index contributed by atoms with van der Waals surface area (Å²) in [6, 6.07) is 8.01. The summed E-state index contributed by atoms with van der Waals surface area (Å²) in [7, 11) is 0. The minimum absolute atomic E-state index is 0.574. The van der Waals surface area contributed by atoms with Crippen LogP contribution in [-0.2, 0) is 4.74 Å². The zero-order valence-electron chi connectivity index (χ0n) is 11.8. The van der Waals surface area contributed by atoms with Crippen LogP contribution in [0.3, 0.4) is 0 Å². The SMILES string of the molecule is C=C(C)COCCNc1nnnn1-c1ccc(C)cc1. The number of hydrogen-bond donors (Lipinski definition) is 1. The van der Waals surface area contributed by atoms with Crippen LogP contribution in [0.1, 0.15) is 12.5 Å². The van der Waals surface area contributed by atoms with E-state index in [0.29, 0.717) is 25.7 Å². The number of nitrogens with zero attached hydrogens (tertiary/aromatic N) is 4. The molecule has 0 spiro atoms. The number of hydrogen-bond acceptors (Lipinski definition) is 5. The Hall–Kier alpha value is -2.21. The molecule has 2 rings (SSSR count). The summed E-state index contributed by atoms with van der Waals surface area (Å²) in [4.78, 5) is 0. The fraction of sp³-hybridized carbons (Fsp3) is 0.357. The van der Waals surface area contributed by atoms with Crippen molar-refractivity contribution in [3.63, 3.8) is 0 Å². The number of aryl methyl sites for hydroxylation is 1. The van der Waals surface area contributed by atoms with E-state index < -0.39 is 0 Å². The minimum Gasteiger partial charge on any atom is -0.375 e. The maximum atomic E-state index is 5.41. The Morgan fingerprint density at radius 2 is 2.10 bits per heavy atom. The molecule has 0 radical (unpaired) electrons. The summed E-state index contributed by atoms with van der Waals surface area (Å²) in [6.45, 7) is 9.55. The second kappa shape index (κ2) is 6.81. The highest BCUT2D eigenvalue weighted by molar-refractivity contribution is 5.39. The van der Waals surface area contributed by atoms with Crippen molar-refractivity contribution >= 4 is 5.95 Å². The van der Waals surface area contributed by atoms with Crippen LogP contribution in [0.15, 0.2) is 36.4 Å². The van der Waals surface area contributed by atoms with Crippen molar-refractivity contribution in [2.75, 3.05) is 25.1 Å². The quantitative estimate of drug-likeness (QED) is 0.617. The molecule has 0 saturated carbocycles. The van der Waals surface area contributed by atoms with E-state index in [1.54, 1.807) is 4.68 Å². The van der Waals surface area contributed by atoms with E-state index in [-0.39, 0.29) is 0 Å². The Labute approximate surface area is 118 Å². The van der Waals surface area contributed by atoms with Gasteiger partial charge < -0.3 is 10.1 Å². The first-order valence-electron chi connectivity index (χ1n) is 6.48. The Morgan fingerprint density at radius 3 is 2.80 bits per heavy atom. The summed E-state index contributed by atoms with van der Waals surface area (Å²) in [5.41, 5.74) is 3.13. The van der Waals surface area contributed by atoms with Crippen molar-refractivity contribution in [3.05, 3.63) is 42.0 Å². The van der Waals surface area contributed by atoms with E-state index in [1.165, 1.54) is 5.56 Å². The molecule has 0 saturated heterocycles. The second-order valence-electron chi connectivity index (χ2n) is 4.69. The molecular formula is C14H19N5O. The molecule has 106 valence electrons. The highest BCUT2D eigenvalue weighted by atomic mass is 16.5. The maximum Gasteiger partial charge on any atom is 0.247 e. The summed E-state index contributed by atoms with van der Waals surface area (Å²) in [5, 5.41) is 14.8. The van der Waals surface area contributed by atoms with Gasteiger partial charge in [-0.2, -0.15) is 4.68 Å². The van der Waals surface area contributed by atoms with Crippen LogP contribution in [0, 0.1) is 6.92 Å². The molecule has 1 aromatic carbocycles. The van der Waals surface area contributed by atoms with Crippen LogP contribution in [0.5, 0.6) is 0 Å². The van der Waals surface area contributed by atoms with Gasteiger partial charge in [0.1, 0.15) is 0 Å². The van der Waals surface area contributed by atoms with Crippen LogP contribution in [0.2, 0.25) is 0 Å². The van der Waals surface area contributed by atoms with Gasteiger partial charge in [0, 0.05) is 6.54 Å². The molecule has 0 aliphatic heterocycles. The number of benzene rings is 1. The summed E-state index contributed by atoms with van der Waals surface area (Å²) < 4.78 is 7.08. The predicted molar refractivity (Wildman–Crippen MR) is 78.0 cm³/mol. The summed E-state index contributed by atoms with van der Waals surface area (Å²) >= 11 is 0. The summed E-state index contributed by atoms with van der Waals surface area (Å²) in [5.74, 6) is 0.604. The Bertz CT molecular complexity index is 561. The fourth-order valence-corrected chi connectivity index (χ4v) is 1.64. The van der Waals surface area contributed by atoms with Crippen molar-refractivity contribution in [3.8, 4) is 5.69 Å². The lowest BCUT2D eigenvalue weighted by atomic mass is 10.2. The van der Waals surface area contributed by atoms with Crippen LogP contribution >= 0.6 is 0 Å². The third-order valence-corrected chi connectivity index (χ3v) is 2.63. The smallest absolute Gasteiger partial charge is 0.247 e. The standard InChI is InChI=1S/C14H19N5O/c1-11(2)10-20-9-8-15-14-16-17-18-19(14)13-6-4-12(3)5-7-13/h4-7H,1,8-10H2,2-3H3,(H,15,16,18). The number of aromatic nitrogens is 4. The van der Waals surface area contributed by atoms with Gasteiger partial charge in [-0.3, -0.25) is 0 Å². The molecule has 20 heavy (non-hydrogen) atoms. The molecule has 1 heterocycles. The molecule has 6 nitrogen and oxygen atoms in total. The van der Waals surface area contributed by atoms with Gasteiger partial charge in [0.2, 0.25) is 5.95 Å². The topological polar surface area (TPSA) is 64.9 Å². The number of tetrazole rings is 1. The van der Waals surface area contributed by atoms with Gasteiger partial charge in [-0.15, -0.1) is 0 Å². The molecule has 0 atom stereocenters. The van der Waals surface area contributed by atoms with Gasteiger partial charge in [0.15, 0.2) is 0 Å². The van der Waals surface area contributed by atoms with Crippen molar-refractivity contribution in [2.45, 2.75) is 13.8 Å². The predicted octanol–water partition coefficient (Wildman–Crippen LogP) is 1.98. The van der Waals surface area contributed by atoms with Crippen molar-refractivity contribution in [1.29, 1.82) is 0 Å². The van der Waals surface area contributed by atoms with E-state index in [2.05, 4.69) is 27.4 Å². The molecule has 0 fully saturated rings. The molecule has 0 unspecified atom stereocenters. The van der Waals surface area contributed by atoms with Crippen molar-refractivity contribution in [1.82, 2.24) is 20.2 Å². The van der Waals surface area contributed by atoms with Gasteiger partial charge in [0.05, 0.1) is 18.9 Å². The van der Waals surface area contributed by atoms with E-state index in [0.717, 1.165) is 11.3 Å².